The van der Waals surface area contributed by atoms with Crippen molar-refractivity contribution in [3.05, 3.63) is 71.3 Å². The van der Waals surface area contributed by atoms with E-state index in [4.69, 9.17) is 4.74 Å². The first kappa shape index (κ1) is 14.3. The van der Waals surface area contributed by atoms with Gasteiger partial charge in [0.25, 0.3) is 0 Å². The summed E-state index contributed by atoms with van der Waals surface area (Å²) in [4.78, 5) is 0. The van der Waals surface area contributed by atoms with Crippen LogP contribution in [-0.4, -0.2) is 12.6 Å². The van der Waals surface area contributed by atoms with Gasteiger partial charge in [-0.15, -0.1) is 0 Å². The van der Waals surface area contributed by atoms with Crippen LogP contribution in [0.2, 0.25) is 0 Å². The Kier molecular flexibility index (Phi) is 4.69. The van der Waals surface area contributed by atoms with Gasteiger partial charge < -0.3 is 10.1 Å². The lowest BCUT2D eigenvalue weighted by Crippen LogP contribution is -2.36. The predicted molar refractivity (Wildman–Crippen MR) is 86.2 cm³/mol. The Morgan fingerprint density at radius 1 is 1.10 bits per heavy atom. The van der Waals surface area contributed by atoms with Crippen molar-refractivity contribution in [2.45, 2.75) is 38.5 Å². The fourth-order valence-electron chi connectivity index (χ4n) is 2.97. The van der Waals surface area contributed by atoms with Gasteiger partial charge >= 0.3 is 0 Å². The van der Waals surface area contributed by atoms with Crippen molar-refractivity contribution in [2.75, 3.05) is 6.61 Å². The maximum atomic E-state index is 5.71. The smallest absolute Gasteiger partial charge is 0.0721 e. The molecule has 0 spiro atoms. The third kappa shape index (κ3) is 3.72. The molecule has 2 unspecified atom stereocenters. The molecule has 0 saturated carbocycles. The zero-order chi connectivity index (χ0) is 14.5. The largest absolute Gasteiger partial charge is 0.375 e. The summed E-state index contributed by atoms with van der Waals surface area (Å²) in [5.41, 5.74) is 4.12. The standard InChI is InChI=1S/C19H23NO/c1-15(11-12-16-7-3-2-4-8-16)20-19-14-21-13-17-9-5-6-10-18(17)19/h2-10,15,19-20H,11-14H2,1H3. The molecule has 2 aromatic carbocycles. The Hall–Kier alpha value is -1.64. The Bertz CT molecular complexity index is 567. The first-order valence-corrected chi connectivity index (χ1v) is 7.78. The van der Waals surface area contributed by atoms with Crippen LogP contribution in [0.5, 0.6) is 0 Å². The zero-order valence-electron chi connectivity index (χ0n) is 12.6. The molecule has 110 valence electrons. The van der Waals surface area contributed by atoms with E-state index in [1.807, 2.05) is 0 Å². The van der Waals surface area contributed by atoms with Gasteiger partial charge in [-0.3, -0.25) is 0 Å². The van der Waals surface area contributed by atoms with Crippen molar-refractivity contribution < 1.29 is 4.74 Å². The van der Waals surface area contributed by atoms with Gasteiger partial charge in [-0.2, -0.15) is 0 Å². The summed E-state index contributed by atoms with van der Waals surface area (Å²) >= 11 is 0. The van der Waals surface area contributed by atoms with Gasteiger partial charge in [0.05, 0.1) is 19.3 Å². The van der Waals surface area contributed by atoms with E-state index in [1.165, 1.54) is 16.7 Å². The molecule has 0 bridgehead atoms. The lowest BCUT2D eigenvalue weighted by Gasteiger charge is -2.29. The highest BCUT2D eigenvalue weighted by Gasteiger charge is 2.21. The van der Waals surface area contributed by atoms with Gasteiger partial charge in [-0.25, -0.2) is 0 Å². The molecule has 0 fully saturated rings. The third-order valence-corrected chi connectivity index (χ3v) is 4.17. The monoisotopic (exact) mass is 281 g/mol. The van der Waals surface area contributed by atoms with Crippen LogP contribution in [0.25, 0.3) is 0 Å². The highest BCUT2D eigenvalue weighted by atomic mass is 16.5. The average Bonchev–Trinajstić information content (AvgIpc) is 2.54. The minimum Gasteiger partial charge on any atom is -0.375 e. The first-order valence-electron chi connectivity index (χ1n) is 7.78. The normalized spacial score (nSPS) is 19.0. The molecule has 0 aliphatic carbocycles. The molecule has 0 saturated heterocycles. The molecule has 1 aliphatic rings. The number of benzene rings is 2. The van der Waals surface area contributed by atoms with Crippen molar-refractivity contribution in [3.8, 4) is 0 Å². The fraction of sp³-hybridized carbons (Fsp3) is 0.368. The maximum absolute atomic E-state index is 5.71. The van der Waals surface area contributed by atoms with E-state index in [1.54, 1.807) is 0 Å². The van der Waals surface area contributed by atoms with Gasteiger partial charge in [-0.05, 0) is 36.5 Å². The summed E-state index contributed by atoms with van der Waals surface area (Å²) in [7, 11) is 0. The van der Waals surface area contributed by atoms with Crippen LogP contribution in [0.15, 0.2) is 54.6 Å². The Labute approximate surface area is 127 Å². The van der Waals surface area contributed by atoms with Crippen LogP contribution in [-0.2, 0) is 17.8 Å². The number of hydrogen-bond donors (Lipinski definition) is 1. The van der Waals surface area contributed by atoms with Gasteiger partial charge in [0.1, 0.15) is 0 Å². The van der Waals surface area contributed by atoms with Crippen LogP contribution in [0.4, 0.5) is 0 Å². The number of aryl methyl sites for hydroxylation is 1. The molecular formula is C19H23NO. The summed E-state index contributed by atoms with van der Waals surface area (Å²) in [5.74, 6) is 0. The van der Waals surface area contributed by atoms with Crippen LogP contribution < -0.4 is 5.32 Å². The SMILES string of the molecule is CC(CCc1ccccc1)NC1COCc2ccccc21. The molecule has 1 heterocycles. The Morgan fingerprint density at radius 2 is 1.86 bits per heavy atom. The highest BCUT2D eigenvalue weighted by molar-refractivity contribution is 5.31. The average molecular weight is 281 g/mol. The quantitative estimate of drug-likeness (QED) is 0.898. The molecule has 0 radical (unpaired) electrons. The van der Waals surface area contributed by atoms with E-state index >= 15 is 0 Å². The minimum absolute atomic E-state index is 0.320. The second-order valence-corrected chi connectivity index (χ2v) is 5.86. The van der Waals surface area contributed by atoms with Crippen LogP contribution in [0.3, 0.4) is 0 Å². The van der Waals surface area contributed by atoms with Gasteiger partial charge in [0.2, 0.25) is 0 Å². The molecule has 1 aliphatic heterocycles. The van der Waals surface area contributed by atoms with Gasteiger partial charge in [0.15, 0.2) is 0 Å². The number of hydrogen-bond acceptors (Lipinski definition) is 2. The predicted octanol–water partition coefficient (Wildman–Crippen LogP) is 3.87. The molecule has 21 heavy (non-hydrogen) atoms. The molecule has 0 amide bonds. The summed E-state index contributed by atoms with van der Waals surface area (Å²) in [6, 6.07) is 20.1. The van der Waals surface area contributed by atoms with Crippen molar-refractivity contribution in [1.29, 1.82) is 0 Å². The number of nitrogens with one attached hydrogen (secondary N) is 1. The van der Waals surface area contributed by atoms with E-state index in [-0.39, 0.29) is 0 Å². The second kappa shape index (κ2) is 6.88. The topological polar surface area (TPSA) is 21.3 Å². The summed E-state index contributed by atoms with van der Waals surface area (Å²) < 4.78 is 5.71. The van der Waals surface area contributed by atoms with E-state index in [0.29, 0.717) is 12.1 Å². The molecule has 3 rings (SSSR count). The number of fused-ring (bicyclic) bond motifs is 1. The number of ether oxygens (including phenoxy) is 1. The maximum Gasteiger partial charge on any atom is 0.0721 e. The lowest BCUT2D eigenvalue weighted by atomic mass is 9.97. The zero-order valence-corrected chi connectivity index (χ0v) is 12.6. The molecule has 2 aromatic rings. The van der Waals surface area contributed by atoms with Crippen molar-refractivity contribution in [3.63, 3.8) is 0 Å². The van der Waals surface area contributed by atoms with Crippen LogP contribution in [0.1, 0.15) is 36.1 Å². The second-order valence-electron chi connectivity index (χ2n) is 5.86. The molecule has 1 N–H and O–H groups in total. The molecular weight excluding hydrogens is 258 g/mol. The lowest BCUT2D eigenvalue weighted by molar-refractivity contribution is 0.0787. The molecule has 2 nitrogen and oxygen atoms in total. The van der Waals surface area contributed by atoms with E-state index in [2.05, 4.69) is 66.8 Å². The summed E-state index contributed by atoms with van der Waals surface area (Å²) in [6.45, 7) is 3.78. The van der Waals surface area contributed by atoms with Crippen molar-refractivity contribution >= 4 is 0 Å². The Balaban J connectivity index is 1.57. The van der Waals surface area contributed by atoms with Crippen molar-refractivity contribution in [2.24, 2.45) is 0 Å². The van der Waals surface area contributed by atoms with Crippen molar-refractivity contribution in [1.82, 2.24) is 5.32 Å². The third-order valence-electron chi connectivity index (χ3n) is 4.17. The Morgan fingerprint density at radius 3 is 2.71 bits per heavy atom. The van der Waals surface area contributed by atoms with Gasteiger partial charge in [0, 0.05) is 6.04 Å². The molecule has 0 aromatic heterocycles. The highest BCUT2D eigenvalue weighted by Crippen LogP contribution is 2.25. The first-order chi connectivity index (χ1) is 10.3. The van der Waals surface area contributed by atoms with E-state index in [0.717, 1.165) is 26.1 Å². The van der Waals surface area contributed by atoms with Crippen LogP contribution in [0, 0.1) is 0 Å². The van der Waals surface area contributed by atoms with E-state index < -0.39 is 0 Å². The molecule has 2 atom stereocenters. The minimum atomic E-state index is 0.320. The van der Waals surface area contributed by atoms with Crippen LogP contribution >= 0.6 is 0 Å². The van der Waals surface area contributed by atoms with E-state index in [9.17, 15) is 0 Å². The summed E-state index contributed by atoms with van der Waals surface area (Å²) in [6.07, 6.45) is 2.26. The fourth-order valence-corrected chi connectivity index (χ4v) is 2.97. The molecule has 2 heteroatoms. The van der Waals surface area contributed by atoms with Gasteiger partial charge in [-0.1, -0.05) is 54.6 Å². The summed E-state index contributed by atoms with van der Waals surface area (Å²) in [5, 5.41) is 3.72. The number of rotatable bonds is 5.